The highest BCUT2D eigenvalue weighted by Crippen LogP contribution is 2.34. The van der Waals surface area contributed by atoms with E-state index in [1.807, 2.05) is 6.92 Å². The van der Waals surface area contributed by atoms with Crippen LogP contribution in [0.1, 0.15) is 19.8 Å². The standard InChI is InChI=1S/C8H14O4/c1-2-4-7(10)8-5(11-4)3-6(9)12-8/h4-10H,2-3H2,1H3. The molecule has 0 aromatic carbocycles. The predicted molar refractivity (Wildman–Crippen MR) is 40.5 cm³/mol. The van der Waals surface area contributed by atoms with Crippen molar-refractivity contribution in [2.75, 3.05) is 0 Å². The molecule has 0 spiro atoms. The Morgan fingerprint density at radius 2 is 2.08 bits per heavy atom. The van der Waals surface area contributed by atoms with Crippen molar-refractivity contribution in [3.05, 3.63) is 0 Å². The summed E-state index contributed by atoms with van der Waals surface area (Å²) >= 11 is 0. The second-order valence-electron chi connectivity index (χ2n) is 3.40. The number of ether oxygens (including phenoxy) is 2. The van der Waals surface area contributed by atoms with E-state index in [0.29, 0.717) is 6.42 Å². The summed E-state index contributed by atoms with van der Waals surface area (Å²) in [6.07, 6.45) is -0.603. The summed E-state index contributed by atoms with van der Waals surface area (Å²) in [5, 5.41) is 18.7. The third kappa shape index (κ3) is 1.15. The molecule has 2 heterocycles. The Bertz CT molecular complexity index is 170. The van der Waals surface area contributed by atoms with Gasteiger partial charge in [0.1, 0.15) is 12.2 Å². The summed E-state index contributed by atoms with van der Waals surface area (Å²) in [6.45, 7) is 1.96. The Labute approximate surface area is 71.1 Å². The molecular formula is C8H14O4. The molecule has 2 saturated heterocycles. The molecule has 0 aromatic heterocycles. The molecule has 4 heteroatoms. The van der Waals surface area contributed by atoms with Crippen molar-refractivity contribution in [2.24, 2.45) is 0 Å². The molecule has 0 aromatic rings. The van der Waals surface area contributed by atoms with Crippen LogP contribution in [0.25, 0.3) is 0 Å². The predicted octanol–water partition coefficient (Wildman–Crippen LogP) is -0.368. The lowest BCUT2D eigenvalue weighted by Gasteiger charge is -2.15. The second kappa shape index (κ2) is 2.96. The summed E-state index contributed by atoms with van der Waals surface area (Å²) in [5.74, 6) is 0. The molecule has 12 heavy (non-hydrogen) atoms. The average molecular weight is 174 g/mol. The maximum Gasteiger partial charge on any atom is 0.157 e. The molecule has 2 rings (SSSR count). The zero-order valence-corrected chi connectivity index (χ0v) is 7.01. The van der Waals surface area contributed by atoms with Gasteiger partial charge in [-0.25, -0.2) is 0 Å². The minimum absolute atomic E-state index is 0.111. The quantitative estimate of drug-likeness (QED) is 0.569. The summed E-state index contributed by atoms with van der Waals surface area (Å²) in [4.78, 5) is 0. The summed E-state index contributed by atoms with van der Waals surface area (Å²) in [6, 6.07) is 0. The Morgan fingerprint density at radius 1 is 1.33 bits per heavy atom. The smallest absolute Gasteiger partial charge is 0.157 e. The van der Waals surface area contributed by atoms with Gasteiger partial charge < -0.3 is 19.7 Å². The number of rotatable bonds is 1. The van der Waals surface area contributed by atoms with Crippen LogP contribution in [-0.2, 0) is 9.47 Å². The minimum Gasteiger partial charge on any atom is -0.388 e. The molecule has 2 aliphatic rings. The maximum atomic E-state index is 9.62. The van der Waals surface area contributed by atoms with E-state index in [-0.39, 0.29) is 18.3 Å². The van der Waals surface area contributed by atoms with E-state index in [2.05, 4.69) is 0 Å². The Balaban J connectivity index is 2.03. The first-order valence-corrected chi connectivity index (χ1v) is 4.39. The molecule has 2 fully saturated rings. The minimum atomic E-state index is -0.757. The van der Waals surface area contributed by atoms with Crippen LogP contribution in [0.5, 0.6) is 0 Å². The first-order valence-electron chi connectivity index (χ1n) is 4.39. The van der Waals surface area contributed by atoms with Crippen LogP contribution in [0, 0.1) is 0 Å². The third-order valence-corrected chi connectivity index (χ3v) is 2.58. The molecule has 0 saturated carbocycles. The Hall–Kier alpha value is -0.160. The highest BCUT2D eigenvalue weighted by Gasteiger charge is 2.49. The van der Waals surface area contributed by atoms with Gasteiger partial charge in [-0.05, 0) is 6.42 Å². The van der Waals surface area contributed by atoms with Crippen LogP contribution >= 0.6 is 0 Å². The van der Waals surface area contributed by atoms with Gasteiger partial charge in [0.2, 0.25) is 0 Å². The number of aliphatic hydroxyl groups excluding tert-OH is 2. The largest absolute Gasteiger partial charge is 0.388 e. The van der Waals surface area contributed by atoms with Crippen LogP contribution in [-0.4, -0.2) is 40.9 Å². The summed E-state index contributed by atoms with van der Waals surface area (Å²) in [5.41, 5.74) is 0. The lowest BCUT2D eigenvalue weighted by molar-refractivity contribution is -0.122. The van der Waals surface area contributed by atoms with Crippen LogP contribution in [0.2, 0.25) is 0 Å². The van der Waals surface area contributed by atoms with Gasteiger partial charge in [0.05, 0.1) is 12.2 Å². The van der Waals surface area contributed by atoms with E-state index in [4.69, 9.17) is 14.6 Å². The van der Waals surface area contributed by atoms with Gasteiger partial charge >= 0.3 is 0 Å². The molecule has 4 nitrogen and oxygen atoms in total. The monoisotopic (exact) mass is 174 g/mol. The highest BCUT2D eigenvalue weighted by molar-refractivity contribution is 4.95. The van der Waals surface area contributed by atoms with Crippen molar-refractivity contribution in [3.8, 4) is 0 Å². The lowest BCUT2D eigenvalue weighted by atomic mass is 10.1. The van der Waals surface area contributed by atoms with Gasteiger partial charge in [-0.1, -0.05) is 6.92 Å². The topological polar surface area (TPSA) is 58.9 Å². The molecule has 70 valence electrons. The van der Waals surface area contributed by atoms with Crippen LogP contribution in [0.3, 0.4) is 0 Å². The van der Waals surface area contributed by atoms with Gasteiger partial charge in [0, 0.05) is 6.42 Å². The SMILES string of the molecule is CCC1OC2CC(O)OC2C1O. The van der Waals surface area contributed by atoms with Gasteiger partial charge in [-0.3, -0.25) is 0 Å². The molecule has 0 bridgehead atoms. The summed E-state index contributed by atoms with van der Waals surface area (Å²) in [7, 11) is 0. The average Bonchev–Trinajstić information content (AvgIpc) is 2.51. The normalized spacial score (nSPS) is 52.8. The molecule has 5 atom stereocenters. The first-order chi connectivity index (χ1) is 5.72. The fraction of sp³-hybridized carbons (Fsp3) is 1.00. The van der Waals surface area contributed by atoms with Crippen molar-refractivity contribution in [3.63, 3.8) is 0 Å². The van der Waals surface area contributed by atoms with Crippen molar-refractivity contribution in [1.29, 1.82) is 0 Å². The highest BCUT2D eigenvalue weighted by atomic mass is 16.7. The van der Waals surface area contributed by atoms with E-state index in [1.54, 1.807) is 0 Å². The van der Waals surface area contributed by atoms with Gasteiger partial charge in [0.15, 0.2) is 6.29 Å². The zero-order chi connectivity index (χ0) is 8.72. The zero-order valence-electron chi connectivity index (χ0n) is 7.01. The van der Waals surface area contributed by atoms with E-state index in [1.165, 1.54) is 0 Å². The molecule has 0 aliphatic carbocycles. The first kappa shape index (κ1) is 8.44. The van der Waals surface area contributed by atoms with Crippen LogP contribution in [0.15, 0.2) is 0 Å². The summed E-state index contributed by atoms with van der Waals surface area (Å²) < 4.78 is 10.6. The molecule has 2 aliphatic heterocycles. The van der Waals surface area contributed by atoms with Crippen molar-refractivity contribution in [1.82, 2.24) is 0 Å². The molecule has 5 unspecified atom stereocenters. The lowest BCUT2D eigenvalue weighted by Crippen LogP contribution is -2.31. The van der Waals surface area contributed by atoms with E-state index >= 15 is 0 Å². The fourth-order valence-electron chi connectivity index (χ4n) is 1.95. The number of aliphatic hydroxyl groups is 2. The van der Waals surface area contributed by atoms with Gasteiger partial charge in [-0.2, -0.15) is 0 Å². The van der Waals surface area contributed by atoms with Gasteiger partial charge in [-0.15, -0.1) is 0 Å². The van der Waals surface area contributed by atoms with Crippen molar-refractivity contribution in [2.45, 2.75) is 50.5 Å². The van der Waals surface area contributed by atoms with E-state index in [9.17, 15) is 5.11 Å². The fourth-order valence-corrected chi connectivity index (χ4v) is 1.95. The molecule has 2 N–H and O–H groups in total. The number of fused-ring (bicyclic) bond motifs is 1. The van der Waals surface area contributed by atoms with Crippen LogP contribution in [0.4, 0.5) is 0 Å². The van der Waals surface area contributed by atoms with Crippen molar-refractivity contribution < 1.29 is 19.7 Å². The maximum absolute atomic E-state index is 9.62. The Kier molecular flexibility index (Phi) is 2.08. The molecular weight excluding hydrogens is 160 g/mol. The van der Waals surface area contributed by atoms with Gasteiger partial charge in [0.25, 0.3) is 0 Å². The third-order valence-electron chi connectivity index (χ3n) is 2.58. The van der Waals surface area contributed by atoms with E-state index < -0.39 is 12.4 Å². The molecule has 0 amide bonds. The Morgan fingerprint density at radius 3 is 2.67 bits per heavy atom. The number of hydrogen-bond donors (Lipinski definition) is 2. The van der Waals surface area contributed by atoms with Crippen molar-refractivity contribution >= 4 is 0 Å². The number of hydrogen-bond acceptors (Lipinski definition) is 4. The van der Waals surface area contributed by atoms with E-state index in [0.717, 1.165) is 6.42 Å². The molecule has 0 radical (unpaired) electrons. The van der Waals surface area contributed by atoms with Crippen LogP contribution < -0.4 is 0 Å². The second-order valence-corrected chi connectivity index (χ2v) is 3.40.